The van der Waals surface area contributed by atoms with Gasteiger partial charge in [-0.15, -0.1) is 0 Å². The van der Waals surface area contributed by atoms with E-state index in [-0.39, 0.29) is 16.6 Å². The summed E-state index contributed by atoms with van der Waals surface area (Å²) in [4.78, 5) is 19.2. The van der Waals surface area contributed by atoms with Gasteiger partial charge in [0.15, 0.2) is 10.9 Å². The topological polar surface area (TPSA) is 113 Å². The summed E-state index contributed by atoms with van der Waals surface area (Å²) in [5.74, 6) is -0.0493. The Balaban J connectivity index is 1.65. The maximum atomic E-state index is 12.4. The Morgan fingerprint density at radius 1 is 0.931 bits per heavy atom. The zero-order chi connectivity index (χ0) is 20.9. The van der Waals surface area contributed by atoms with Crippen LogP contribution in [0, 0.1) is 0 Å². The highest BCUT2D eigenvalue weighted by molar-refractivity contribution is 7.92. The average molecular weight is 428 g/mol. The molecule has 3 N–H and O–H groups in total. The quantitative estimate of drug-likeness (QED) is 0.406. The molecule has 1 heterocycles. The lowest BCUT2D eigenvalue weighted by Crippen LogP contribution is -2.19. The molecule has 3 rings (SSSR count). The molecule has 8 nitrogen and oxygen atoms in total. The number of carbonyl (C=O) groups excluding carboxylic acids is 1. The Hall–Kier alpha value is -3.37. The van der Waals surface area contributed by atoms with Gasteiger partial charge in [0.05, 0.1) is 4.90 Å². The van der Waals surface area contributed by atoms with Gasteiger partial charge in [0.25, 0.3) is 10.0 Å². The second-order valence-electron chi connectivity index (χ2n) is 5.92. The molecule has 3 aromatic rings. The van der Waals surface area contributed by atoms with Crippen LogP contribution in [0.4, 0.5) is 17.3 Å². The fourth-order valence-corrected chi connectivity index (χ4v) is 3.55. The number of aromatic nitrogens is 2. The van der Waals surface area contributed by atoms with Gasteiger partial charge < -0.3 is 10.6 Å². The standard InChI is InChI=1S/C19H17N5O3S2/c1-13(25)14-4-2-5-16(12-14)23-19(28)22-15-6-8-17(9-7-15)29(26,27)24-18-20-10-3-11-21-18/h2-12H,1H3,(H,20,21,24)(H2,22,23,28). The smallest absolute Gasteiger partial charge is 0.264 e. The molecule has 0 radical (unpaired) electrons. The first kappa shape index (κ1) is 20.4. The van der Waals surface area contributed by atoms with Crippen LogP contribution in [0.3, 0.4) is 0 Å². The van der Waals surface area contributed by atoms with E-state index in [4.69, 9.17) is 12.2 Å². The number of thiocarbonyl (C=S) groups is 1. The first-order chi connectivity index (χ1) is 13.8. The molecule has 0 aliphatic rings. The molecule has 10 heteroatoms. The largest absolute Gasteiger partial charge is 0.332 e. The van der Waals surface area contributed by atoms with Crippen molar-refractivity contribution in [1.82, 2.24) is 9.97 Å². The summed E-state index contributed by atoms with van der Waals surface area (Å²) in [5, 5.41) is 6.25. The zero-order valence-corrected chi connectivity index (χ0v) is 16.9. The van der Waals surface area contributed by atoms with E-state index in [2.05, 4.69) is 25.3 Å². The highest BCUT2D eigenvalue weighted by Crippen LogP contribution is 2.17. The summed E-state index contributed by atoms with van der Waals surface area (Å²) in [7, 11) is -3.80. The van der Waals surface area contributed by atoms with E-state index in [1.807, 2.05) is 0 Å². The number of carbonyl (C=O) groups is 1. The maximum Gasteiger partial charge on any atom is 0.264 e. The summed E-state index contributed by atoms with van der Waals surface area (Å²) in [5.41, 5.74) is 1.84. The van der Waals surface area contributed by atoms with Crippen molar-refractivity contribution < 1.29 is 13.2 Å². The predicted octanol–water partition coefficient (Wildman–Crippen LogP) is 3.29. The highest BCUT2D eigenvalue weighted by atomic mass is 32.2. The molecule has 0 fully saturated rings. The van der Waals surface area contributed by atoms with Gasteiger partial charge in [-0.1, -0.05) is 12.1 Å². The van der Waals surface area contributed by atoms with Gasteiger partial charge in [0, 0.05) is 29.3 Å². The Labute approximate surface area is 173 Å². The van der Waals surface area contributed by atoms with Gasteiger partial charge >= 0.3 is 0 Å². The number of benzene rings is 2. The van der Waals surface area contributed by atoms with Crippen LogP contribution in [-0.4, -0.2) is 29.3 Å². The Morgan fingerprint density at radius 2 is 1.59 bits per heavy atom. The van der Waals surface area contributed by atoms with E-state index >= 15 is 0 Å². The van der Waals surface area contributed by atoms with Gasteiger partial charge in [-0.05, 0) is 61.6 Å². The number of sulfonamides is 1. The highest BCUT2D eigenvalue weighted by Gasteiger charge is 2.15. The molecule has 0 saturated heterocycles. The van der Waals surface area contributed by atoms with E-state index in [1.165, 1.54) is 31.5 Å². The summed E-state index contributed by atoms with van der Waals surface area (Å²) in [6.45, 7) is 1.49. The third-order valence-electron chi connectivity index (χ3n) is 3.74. The Kier molecular flexibility index (Phi) is 6.15. The lowest BCUT2D eigenvalue weighted by Gasteiger charge is -2.12. The molecule has 0 aliphatic heterocycles. The Bertz CT molecular complexity index is 1130. The summed E-state index contributed by atoms with van der Waals surface area (Å²) < 4.78 is 27.1. The van der Waals surface area contributed by atoms with Gasteiger partial charge in [-0.3, -0.25) is 4.79 Å². The fraction of sp³-hybridized carbons (Fsp3) is 0.0526. The zero-order valence-electron chi connectivity index (χ0n) is 15.3. The van der Waals surface area contributed by atoms with E-state index in [1.54, 1.807) is 42.5 Å². The second kappa shape index (κ2) is 8.76. The van der Waals surface area contributed by atoms with Crippen molar-refractivity contribution in [2.45, 2.75) is 11.8 Å². The van der Waals surface area contributed by atoms with Crippen molar-refractivity contribution in [3.8, 4) is 0 Å². The van der Waals surface area contributed by atoms with E-state index in [0.29, 0.717) is 22.1 Å². The first-order valence-corrected chi connectivity index (χ1v) is 10.3. The van der Waals surface area contributed by atoms with Crippen LogP contribution in [0.5, 0.6) is 0 Å². The Morgan fingerprint density at radius 3 is 2.24 bits per heavy atom. The first-order valence-electron chi connectivity index (χ1n) is 8.42. The maximum absolute atomic E-state index is 12.4. The molecule has 0 aliphatic carbocycles. The minimum Gasteiger partial charge on any atom is -0.332 e. The lowest BCUT2D eigenvalue weighted by atomic mass is 10.1. The summed E-state index contributed by atoms with van der Waals surface area (Å²) >= 11 is 5.27. The number of hydrogen-bond acceptors (Lipinski definition) is 6. The van der Waals surface area contributed by atoms with Gasteiger partial charge in [0.1, 0.15) is 0 Å². The molecule has 0 amide bonds. The van der Waals surface area contributed by atoms with Crippen molar-refractivity contribution >= 4 is 50.5 Å². The predicted molar refractivity (Wildman–Crippen MR) is 116 cm³/mol. The number of rotatable bonds is 6. The van der Waals surface area contributed by atoms with Crippen LogP contribution in [0.2, 0.25) is 0 Å². The molecule has 0 bridgehead atoms. The number of ketones is 1. The molecular formula is C19H17N5O3S2. The van der Waals surface area contributed by atoms with Crippen LogP contribution in [0.15, 0.2) is 71.9 Å². The SMILES string of the molecule is CC(=O)c1cccc(NC(=S)Nc2ccc(S(=O)(=O)Nc3ncccn3)cc2)c1. The number of anilines is 3. The van der Waals surface area contributed by atoms with Crippen LogP contribution in [0.25, 0.3) is 0 Å². The normalized spacial score (nSPS) is 10.8. The average Bonchev–Trinajstić information content (AvgIpc) is 2.69. The molecule has 1 aromatic heterocycles. The number of Topliss-reactive ketones (excluding diaryl/α,β-unsaturated/α-hetero) is 1. The number of nitrogens with one attached hydrogen (secondary N) is 3. The van der Waals surface area contributed by atoms with Crippen molar-refractivity contribution in [1.29, 1.82) is 0 Å². The van der Waals surface area contributed by atoms with E-state index < -0.39 is 10.0 Å². The summed E-state index contributed by atoms with van der Waals surface area (Å²) in [6, 6.07) is 14.6. The number of hydrogen-bond donors (Lipinski definition) is 3. The van der Waals surface area contributed by atoms with Crippen LogP contribution < -0.4 is 15.4 Å². The van der Waals surface area contributed by atoms with Crippen molar-refractivity contribution in [3.63, 3.8) is 0 Å². The van der Waals surface area contributed by atoms with Gasteiger partial charge in [-0.25, -0.2) is 23.1 Å². The summed E-state index contributed by atoms with van der Waals surface area (Å²) in [6.07, 6.45) is 2.88. The van der Waals surface area contributed by atoms with Crippen molar-refractivity contribution in [2.75, 3.05) is 15.4 Å². The molecule has 148 valence electrons. The van der Waals surface area contributed by atoms with E-state index in [9.17, 15) is 13.2 Å². The monoisotopic (exact) mass is 427 g/mol. The van der Waals surface area contributed by atoms with Crippen LogP contribution in [-0.2, 0) is 10.0 Å². The third kappa shape index (κ3) is 5.56. The number of nitrogens with zero attached hydrogens (tertiary/aromatic N) is 2. The van der Waals surface area contributed by atoms with Gasteiger partial charge in [-0.2, -0.15) is 0 Å². The molecular weight excluding hydrogens is 410 g/mol. The molecule has 0 unspecified atom stereocenters. The molecule has 0 atom stereocenters. The van der Waals surface area contributed by atoms with Crippen LogP contribution in [0.1, 0.15) is 17.3 Å². The van der Waals surface area contributed by atoms with E-state index in [0.717, 1.165) is 0 Å². The van der Waals surface area contributed by atoms with Crippen molar-refractivity contribution in [3.05, 3.63) is 72.6 Å². The minimum absolute atomic E-state index is 0.00660. The molecule has 2 aromatic carbocycles. The molecule has 0 saturated carbocycles. The fourth-order valence-electron chi connectivity index (χ4n) is 2.36. The molecule has 0 spiro atoms. The van der Waals surface area contributed by atoms with Crippen LogP contribution >= 0.6 is 12.2 Å². The van der Waals surface area contributed by atoms with Crippen molar-refractivity contribution in [2.24, 2.45) is 0 Å². The molecule has 29 heavy (non-hydrogen) atoms. The lowest BCUT2D eigenvalue weighted by molar-refractivity contribution is 0.101. The third-order valence-corrected chi connectivity index (χ3v) is 5.29. The second-order valence-corrected chi connectivity index (χ2v) is 8.01. The minimum atomic E-state index is -3.80. The van der Waals surface area contributed by atoms with Gasteiger partial charge in [0.2, 0.25) is 5.95 Å².